The van der Waals surface area contributed by atoms with Crippen LogP contribution in [0.3, 0.4) is 0 Å². The van der Waals surface area contributed by atoms with Gasteiger partial charge in [-0.15, -0.1) is 0 Å². The van der Waals surface area contributed by atoms with Crippen LogP contribution >= 0.6 is 11.6 Å². The molecule has 3 atom stereocenters. The lowest BCUT2D eigenvalue weighted by Crippen LogP contribution is -2.28. The van der Waals surface area contributed by atoms with Gasteiger partial charge in [-0.3, -0.25) is 4.79 Å². The fraction of sp³-hybridized carbons (Fsp3) is 0.278. The summed E-state index contributed by atoms with van der Waals surface area (Å²) in [6.45, 7) is -0.276. The summed E-state index contributed by atoms with van der Waals surface area (Å²) in [7, 11) is -2.66. The molecule has 1 N–H and O–H groups in total. The summed E-state index contributed by atoms with van der Waals surface area (Å²) >= 11 is 5.81. The smallest absolute Gasteiger partial charge is 0.314 e. The third-order valence-electron chi connectivity index (χ3n) is 4.74. The van der Waals surface area contributed by atoms with Crippen LogP contribution in [0.5, 0.6) is 0 Å². The first-order valence-corrected chi connectivity index (χ1v) is 9.65. The fourth-order valence-electron chi connectivity index (χ4n) is 3.50. The zero-order chi connectivity index (χ0) is 19.1. The van der Waals surface area contributed by atoms with Crippen LogP contribution in [0, 0.1) is 11.2 Å². The van der Waals surface area contributed by atoms with Crippen molar-refractivity contribution in [2.24, 2.45) is 5.41 Å². The molecular weight excluding hydrogens is 383 g/mol. The predicted octanol–water partition coefficient (Wildman–Crippen LogP) is 3.14. The maximum absolute atomic E-state index is 13.2. The first-order chi connectivity index (χ1) is 12.2. The minimum absolute atomic E-state index is 0.0155. The minimum Gasteiger partial charge on any atom is -0.481 e. The molecule has 1 aliphatic rings. The molecule has 2 aromatic carbocycles. The van der Waals surface area contributed by atoms with Gasteiger partial charge in [0.2, 0.25) is 0 Å². The molecule has 0 radical (unpaired) electrons. The molecule has 0 saturated heterocycles. The molecule has 0 amide bonds. The van der Waals surface area contributed by atoms with Gasteiger partial charge in [-0.25, -0.2) is 12.8 Å². The topological polar surface area (TPSA) is 80.7 Å². The van der Waals surface area contributed by atoms with Crippen LogP contribution in [0.4, 0.5) is 4.39 Å². The Morgan fingerprint density at radius 1 is 1.19 bits per heavy atom. The Labute approximate surface area is 155 Å². The van der Waals surface area contributed by atoms with Crippen LogP contribution in [0.1, 0.15) is 11.5 Å². The van der Waals surface area contributed by atoms with Gasteiger partial charge in [-0.05, 0) is 42.0 Å². The van der Waals surface area contributed by atoms with Gasteiger partial charge in [0.25, 0.3) is 0 Å². The number of carbonyl (C=O) groups is 1. The summed E-state index contributed by atoms with van der Waals surface area (Å²) in [5.74, 6) is -2.60. The lowest BCUT2D eigenvalue weighted by atomic mass is 10.00. The average Bonchev–Trinajstić information content (AvgIpc) is 3.27. The molecule has 1 fully saturated rings. The maximum atomic E-state index is 13.2. The van der Waals surface area contributed by atoms with Gasteiger partial charge >= 0.3 is 5.97 Å². The van der Waals surface area contributed by atoms with Gasteiger partial charge in [-0.2, -0.15) is 0 Å². The number of hydrogen-bond donors (Lipinski definition) is 1. The van der Waals surface area contributed by atoms with Crippen molar-refractivity contribution in [1.82, 2.24) is 0 Å². The van der Waals surface area contributed by atoms with Crippen molar-refractivity contribution >= 4 is 27.4 Å². The van der Waals surface area contributed by atoms with Crippen LogP contribution in [0.2, 0.25) is 5.02 Å². The maximum Gasteiger partial charge on any atom is 0.314 e. The number of rotatable bonds is 6. The molecule has 0 aliphatic heterocycles. The number of aliphatic carboxylic acids is 1. The van der Waals surface area contributed by atoms with Gasteiger partial charge in [0.05, 0.1) is 16.8 Å². The lowest BCUT2D eigenvalue weighted by Gasteiger charge is -2.12. The number of hydrogen-bond acceptors (Lipinski definition) is 4. The number of sulfone groups is 1. The number of methoxy groups -OCH3 is 1. The highest BCUT2D eigenvalue weighted by Gasteiger charge is 2.76. The predicted molar refractivity (Wildman–Crippen MR) is 93.5 cm³/mol. The van der Waals surface area contributed by atoms with Crippen molar-refractivity contribution < 1.29 is 27.4 Å². The highest BCUT2D eigenvalue weighted by Crippen LogP contribution is 2.64. The largest absolute Gasteiger partial charge is 0.481 e. The van der Waals surface area contributed by atoms with E-state index in [0.29, 0.717) is 10.6 Å². The number of ether oxygens (including phenoxy) is 1. The van der Waals surface area contributed by atoms with E-state index in [9.17, 15) is 22.7 Å². The molecule has 0 heterocycles. The first-order valence-electron chi connectivity index (χ1n) is 7.72. The Morgan fingerprint density at radius 2 is 1.77 bits per heavy atom. The molecule has 1 saturated carbocycles. The van der Waals surface area contributed by atoms with E-state index < -0.39 is 38.2 Å². The normalized spacial score (nSPS) is 25.0. The highest BCUT2D eigenvalue weighted by molar-refractivity contribution is 7.92. The van der Waals surface area contributed by atoms with Crippen molar-refractivity contribution in [3.8, 4) is 0 Å². The Kier molecular flexibility index (Phi) is 4.81. The Bertz CT molecular complexity index is 927. The lowest BCUT2D eigenvalue weighted by molar-refractivity contribution is -0.145. The Morgan fingerprint density at radius 3 is 2.27 bits per heavy atom. The highest BCUT2D eigenvalue weighted by atomic mass is 35.5. The van der Waals surface area contributed by atoms with Crippen molar-refractivity contribution in [3.63, 3.8) is 0 Å². The summed E-state index contributed by atoms with van der Waals surface area (Å²) in [6, 6.07) is 10.7. The SMILES string of the molecule is COC[C@@]1(C(=O)O)[C@H](c2ccc(F)cc2)[C@@H]1S(=O)(=O)c1ccc(Cl)cc1. The average molecular weight is 399 g/mol. The number of halogens is 2. The quantitative estimate of drug-likeness (QED) is 0.808. The van der Waals surface area contributed by atoms with Gasteiger partial charge < -0.3 is 9.84 Å². The third-order valence-corrected chi connectivity index (χ3v) is 7.29. The Balaban J connectivity index is 2.11. The van der Waals surface area contributed by atoms with E-state index in [4.69, 9.17) is 16.3 Å². The van der Waals surface area contributed by atoms with Gasteiger partial charge in [0, 0.05) is 18.1 Å². The molecular formula is C18H16ClFO5S. The second kappa shape index (κ2) is 6.64. The van der Waals surface area contributed by atoms with Gasteiger partial charge in [0.1, 0.15) is 11.2 Å². The molecule has 8 heteroatoms. The minimum atomic E-state index is -3.98. The molecule has 26 heavy (non-hydrogen) atoms. The van der Waals surface area contributed by atoms with Crippen molar-refractivity contribution in [2.75, 3.05) is 13.7 Å². The Hall–Kier alpha value is -1.96. The summed E-state index contributed by atoms with van der Waals surface area (Å²) < 4.78 is 44.5. The van der Waals surface area contributed by atoms with Crippen molar-refractivity contribution in [3.05, 3.63) is 64.9 Å². The van der Waals surface area contributed by atoms with E-state index >= 15 is 0 Å². The van der Waals surface area contributed by atoms with Crippen LogP contribution in [-0.2, 0) is 19.4 Å². The van der Waals surface area contributed by atoms with E-state index in [1.807, 2.05) is 0 Å². The van der Waals surface area contributed by atoms with E-state index in [0.717, 1.165) is 0 Å². The fourth-order valence-corrected chi connectivity index (χ4v) is 5.98. The molecule has 1 aliphatic carbocycles. The first kappa shape index (κ1) is 18.8. The zero-order valence-corrected chi connectivity index (χ0v) is 15.3. The molecule has 0 unspecified atom stereocenters. The van der Waals surface area contributed by atoms with Crippen LogP contribution < -0.4 is 0 Å². The summed E-state index contributed by atoms with van der Waals surface area (Å²) in [5, 5.41) is 8.95. The molecule has 0 aromatic heterocycles. The second-order valence-electron chi connectivity index (χ2n) is 6.23. The van der Waals surface area contributed by atoms with Gasteiger partial charge in [-0.1, -0.05) is 23.7 Å². The number of carboxylic acids is 1. The second-order valence-corrected chi connectivity index (χ2v) is 8.73. The van der Waals surface area contributed by atoms with Crippen LogP contribution in [0.15, 0.2) is 53.4 Å². The van der Waals surface area contributed by atoms with E-state index in [-0.39, 0.29) is 11.5 Å². The molecule has 0 bridgehead atoms. The van der Waals surface area contributed by atoms with Crippen LogP contribution in [-0.4, -0.2) is 38.5 Å². The summed E-state index contributed by atoms with van der Waals surface area (Å²) in [6.07, 6.45) is 0. The number of carboxylic acid groups (broad SMARTS) is 1. The standard InChI is InChI=1S/C18H16ClFO5S/c1-25-10-18(17(21)22)15(11-2-6-13(20)7-3-11)16(18)26(23,24)14-8-4-12(19)5-9-14/h2-9,15-16H,10H2,1H3,(H,21,22)/t15-,16+,18-/m1/s1. The van der Waals surface area contributed by atoms with E-state index in [1.54, 1.807) is 0 Å². The van der Waals surface area contributed by atoms with E-state index in [1.165, 1.54) is 55.6 Å². The third kappa shape index (κ3) is 2.90. The van der Waals surface area contributed by atoms with Gasteiger partial charge in [0.15, 0.2) is 9.84 Å². The van der Waals surface area contributed by atoms with Crippen molar-refractivity contribution in [2.45, 2.75) is 16.1 Å². The molecule has 3 rings (SSSR count). The number of benzene rings is 2. The van der Waals surface area contributed by atoms with Crippen LogP contribution in [0.25, 0.3) is 0 Å². The van der Waals surface area contributed by atoms with E-state index in [2.05, 4.69) is 0 Å². The summed E-state index contributed by atoms with van der Waals surface area (Å²) in [4.78, 5) is 12.0. The molecule has 138 valence electrons. The molecule has 0 spiro atoms. The molecule has 2 aromatic rings. The zero-order valence-electron chi connectivity index (χ0n) is 13.7. The monoisotopic (exact) mass is 398 g/mol. The molecule has 5 nitrogen and oxygen atoms in total. The summed E-state index contributed by atoms with van der Waals surface area (Å²) in [5.41, 5.74) is -1.20. The van der Waals surface area contributed by atoms with Crippen molar-refractivity contribution in [1.29, 1.82) is 0 Å².